The standard InChI is InChI=1S/C7H13NO2S/c8-6(3-7(9)10)5-1-2-11-4-5/h5-6H,1-4,8H2,(H,9,10). The zero-order valence-corrected chi connectivity index (χ0v) is 7.14. The second-order valence-corrected chi connectivity index (χ2v) is 4.04. The van der Waals surface area contributed by atoms with Crippen molar-refractivity contribution in [2.75, 3.05) is 11.5 Å². The van der Waals surface area contributed by atoms with Crippen LogP contribution >= 0.6 is 11.8 Å². The largest absolute Gasteiger partial charge is 0.481 e. The lowest BCUT2D eigenvalue weighted by Crippen LogP contribution is -2.32. The molecule has 0 aromatic heterocycles. The number of hydrogen-bond donors (Lipinski definition) is 2. The number of hydrogen-bond acceptors (Lipinski definition) is 3. The van der Waals surface area contributed by atoms with Gasteiger partial charge in [0.05, 0.1) is 6.42 Å². The van der Waals surface area contributed by atoms with Gasteiger partial charge in [-0.15, -0.1) is 0 Å². The molecule has 1 fully saturated rings. The maximum atomic E-state index is 10.3. The summed E-state index contributed by atoms with van der Waals surface area (Å²) in [5, 5.41) is 8.46. The summed E-state index contributed by atoms with van der Waals surface area (Å²) in [7, 11) is 0. The smallest absolute Gasteiger partial charge is 0.304 e. The normalized spacial score (nSPS) is 26.8. The number of carbonyl (C=O) groups is 1. The van der Waals surface area contributed by atoms with Crippen molar-refractivity contribution >= 4 is 17.7 Å². The molecular weight excluding hydrogens is 162 g/mol. The summed E-state index contributed by atoms with van der Waals surface area (Å²) in [6, 6.07) is -0.137. The van der Waals surface area contributed by atoms with Gasteiger partial charge in [0.2, 0.25) is 0 Å². The Morgan fingerprint density at radius 1 is 1.82 bits per heavy atom. The Hall–Kier alpha value is -0.220. The highest BCUT2D eigenvalue weighted by Gasteiger charge is 2.23. The van der Waals surface area contributed by atoms with Crippen molar-refractivity contribution in [2.24, 2.45) is 11.7 Å². The zero-order valence-electron chi connectivity index (χ0n) is 6.32. The molecule has 1 heterocycles. The molecule has 0 aliphatic carbocycles. The van der Waals surface area contributed by atoms with Crippen molar-refractivity contribution in [3.05, 3.63) is 0 Å². The highest BCUT2D eigenvalue weighted by Crippen LogP contribution is 2.26. The molecule has 0 spiro atoms. The number of nitrogens with two attached hydrogens (primary N) is 1. The molecule has 3 N–H and O–H groups in total. The van der Waals surface area contributed by atoms with Crippen molar-refractivity contribution in [3.63, 3.8) is 0 Å². The number of carboxylic acids is 1. The first-order valence-corrected chi connectivity index (χ1v) is 4.90. The molecule has 4 heteroatoms. The second-order valence-electron chi connectivity index (χ2n) is 2.89. The third-order valence-corrected chi connectivity index (χ3v) is 3.17. The maximum absolute atomic E-state index is 10.3. The molecule has 3 nitrogen and oxygen atoms in total. The van der Waals surface area contributed by atoms with Gasteiger partial charge in [-0.25, -0.2) is 0 Å². The molecule has 1 saturated heterocycles. The van der Waals surface area contributed by atoms with Crippen LogP contribution in [0.1, 0.15) is 12.8 Å². The molecule has 64 valence electrons. The molecule has 0 saturated carbocycles. The van der Waals surface area contributed by atoms with Crippen LogP contribution in [0.5, 0.6) is 0 Å². The highest BCUT2D eigenvalue weighted by molar-refractivity contribution is 7.99. The average molecular weight is 175 g/mol. The second kappa shape index (κ2) is 3.97. The van der Waals surface area contributed by atoms with E-state index in [1.165, 1.54) is 0 Å². The van der Waals surface area contributed by atoms with Gasteiger partial charge >= 0.3 is 5.97 Å². The Labute approximate surface area is 70.3 Å². The van der Waals surface area contributed by atoms with E-state index >= 15 is 0 Å². The van der Waals surface area contributed by atoms with Crippen LogP contribution in [-0.2, 0) is 4.79 Å². The number of aliphatic carboxylic acids is 1. The monoisotopic (exact) mass is 175 g/mol. The van der Waals surface area contributed by atoms with E-state index in [-0.39, 0.29) is 12.5 Å². The third-order valence-electron chi connectivity index (χ3n) is 1.98. The van der Waals surface area contributed by atoms with Crippen LogP contribution < -0.4 is 5.73 Å². The topological polar surface area (TPSA) is 63.3 Å². The molecule has 2 atom stereocenters. The first-order chi connectivity index (χ1) is 5.20. The van der Waals surface area contributed by atoms with Gasteiger partial charge in [0.25, 0.3) is 0 Å². The average Bonchev–Trinajstić information content (AvgIpc) is 2.35. The van der Waals surface area contributed by atoms with Crippen molar-refractivity contribution in [1.82, 2.24) is 0 Å². The lowest BCUT2D eigenvalue weighted by atomic mass is 9.97. The molecule has 0 amide bonds. The lowest BCUT2D eigenvalue weighted by molar-refractivity contribution is -0.137. The molecule has 1 aliphatic heterocycles. The van der Waals surface area contributed by atoms with E-state index in [4.69, 9.17) is 10.8 Å². The summed E-state index contributed by atoms with van der Waals surface area (Å²) < 4.78 is 0. The molecule has 0 bridgehead atoms. The van der Waals surface area contributed by atoms with E-state index in [1.54, 1.807) is 0 Å². The Balaban J connectivity index is 2.28. The van der Waals surface area contributed by atoms with Gasteiger partial charge < -0.3 is 10.8 Å². The summed E-state index contributed by atoms with van der Waals surface area (Å²) in [6.45, 7) is 0. The van der Waals surface area contributed by atoms with Crippen LogP contribution in [0.25, 0.3) is 0 Å². The van der Waals surface area contributed by atoms with E-state index in [9.17, 15) is 4.79 Å². The molecule has 0 aromatic carbocycles. The quantitative estimate of drug-likeness (QED) is 0.657. The van der Waals surface area contributed by atoms with Gasteiger partial charge in [-0.05, 0) is 23.8 Å². The van der Waals surface area contributed by atoms with Crippen molar-refractivity contribution in [3.8, 4) is 0 Å². The van der Waals surface area contributed by atoms with Gasteiger partial charge in [0.15, 0.2) is 0 Å². The van der Waals surface area contributed by atoms with Crippen LogP contribution in [0.3, 0.4) is 0 Å². The number of carboxylic acid groups (broad SMARTS) is 1. The van der Waals surface area contributed by atoms with Crippen LogP contribution in [0.4, 0.5) is 0 Å². The summed E-state index contributed by atoms with van der Waals surface area (Å²) in [5.74, 6) is 1.82. The van der Waals surface area contributed by atoms with Crippen molar-refractivity contribution in [2.45, 2.75) is 18.9 Å². The van der Waals surface area contributed by atoms with E-state index in [1.807, 2.05) is 11.8 Å². The Morgan fingerprint density at radius 3 is 3.00 bits per heavy atom. The molecular formula is C7H13NO2S. The van der Waals surface area contributed by atoms with Gasteiger partial charge in [0, 0.05) is 6.04 Å². The van der Waals surface area contributed by atoms with Gasteiger partial charge in [-0.3, -0.25) is 4.79 Å². The first-order valence-electron chi connectivity index (χ1n) is 3.75. The van der Waals surface area contributed by atoms with Crippen LogP contribution in [0.15, 0.2) is 0 Å². The van der Waals surface area contributed by atoms with E-state index < -0.39 is 5.97 Å². The summed E-state index contributed by atoms with van der Waals surface area (Å²) >= 11 is 1.86. The van der Waals surface area contributed by atoms with Crippen LogP contribution in [0.2, 0.25) is 0 Å². The molecule has 2 unspecified atom stereocenters. The minimum absolute atomic E-state index is 0.116. The predicted octanol–water partition coefficient (Wildman–Crippen LogP) is 0.541. The van der Waals surface area contributed by atoms with Gasteiger partial charge in [-0.2, -0.15) is 11.8 Å². The minimum Gasteiger partial charge on any atom is -0.481 e. The van der Waals surface area contributed by atoms with Crippen LogP contribution in [0, 0.1) is 5.92 Å². The highest BCUT2D eigenvalue weighted by atomic mass is 32.2. The fraction of sp³-hybridized carbons (Fsp3) is 0.857. The number of thioether (sulfide) groups is 1. The molecule has 0 aromatic rings. The van der Waals surface area contributed by atoms with E-state index in [0.29, 0.717) is 5.92 Å². The fourth-order valence-electron chi connectivity index (χ4n) is 1.26. The SMILES string of the molecule is NC(CC(=O)O)C1CCSC1. The summed E-state index contributed by atoms with van der Waals surface area (Å²) in [4.78, 5) is 10.3. The zero-order chi connectivity index (χ0) is 8.27. The Kier molecular flexibility index (Phi) is 3.20. The molecule has 11 heavy (non-hydrogen) atoms. The van der Waals surface area contributed by atoms with Gasteiger partial charge in [0.1, 0.15) is 0 Å². The molecule has 1 aliphatic rings. The Bertz CT molecular complexity index is 145. The summed E-state index contributed by atoms with van der Waals surface area (Å²) in [6.07, 6.45) is 1.20. The van der Waals surface area contributed by atoms with Crippen LogP contribution in [-0.4, -0.2) is 28.6 Å². The van der Waals surface area contributed by atoms with Gasteiger partial charge in [-0.1, -0.05) is 0 Å². The fourth-order valence-corrected chi connectivity index (χ4v) is 2.61. The van der Waals surface area contributed by atoms with Crippen molar-refractivity contribution < 1.29 is 9.90 Å². The number of rotatable bonds is 3. The predicted molar refractivity (Wildman–Crippen MR) is 45.7 cm³/mol. The van der Waals surface area contributed by atoms with Crippen molar-refractivity contribution in [1.29, 1.82) is 0 Å². The van der Waals surface area contributed by atoms with E-state index in [0.717, 1.165) is 17.9 Å². The Morgan fingerprint density at radius 2 is 2.55 bits per heavy atom. The molecule has 1 rings (SSSR count). The first kappa shape index (κ1) is 8.87. The lowest BCUT2D eigenvalue weighted by Gasteiger charge is -2.15. The minimum atomic E-state index is -0.783. The third kappa shape index (κ3) is 2.71. The maximum Gasteiger partial charge on any atom is 0.304 e. The summed E-state index contributed by atoms with van der Waals surface area (Å²) in [5.41, 5.74) is 5.69. The van der Waals surface area contributed by atoms with E-state index in [2.05, 4.69) is 0 Å². The molecule has 0 radical (unpaired) electrons.